The van der Waals surface area contributed by atoms with Gasteiger partial charge in [0.05, 0.1) is 5.69 Å². The summed E-state index contributed by atoms with van der Waals surface area (Å²) in [5, 5.41) is 6.29. The summed E-state index contributed by atoms with van der Waals surface area (Å²) in [7, 11) is 0. The second-order valence-electron chi connectivity index (χ2n) is 10.6. The van der Waals surface area contributed by atoms with E-state index in [0.29, 0.717) is 30.3 Å². The maximum atomic E-state index is 13.1. The van der Waals surface area contributed by atoms with Gasteiger partial charge in [-0.1, -0.05) is 24.3 Å². The molecule has 0 radical (unpaired) electrons. The zero-order valence-corrected chi connectivity index (χ0v) is 24.0. The molecule has 0 saturated carbocycles. The van der Waals surface area contributed by atoms with Gasteiger partial charge in [-0.15, -0.1) is 0 Å². The van der Waals surface area contributed by atoms with Crippen molar-refractivity contribution in [3.05, 3.63) is 102 Å². The largest absolute Gasteiger partial charge is 0.329 e. The number of benzene rings is 2. The van der Waals surface area contributed by atoms with Gasteiger partial charge in [-0.2, -0.15) is 0 Å². The van der Waals surface area contributed by atoms with Gasteiger partial charge in [-0.3, -0.25) is 19.3 Å². The van der Waals surface area contributed by atoms with E-state index in [1.807, 2.05) is 66.6 Å². The smallest absolute Gasteiger partial charge is 0.324 e. The van der Waals surface area contributed by atoms with Crippen molar-refractivity contribution in [1.29, 1.82) is 0 Å². The highest BCUT2D eigenvalue weighted by Gasteiger charge is 2.22. The third-order valence-electron chi connectivity index (χ3n) is 7.54. The van der Waals surface area contributed by atoms with Gasteiger partial charge in [-0.05, 0) is 54.8 Å². The fourth-order valence-corrected chi connectivity index (χ4v) is 5.07. The minimum atomic E-state index is -0.185. The van der Waals surface area contributed by atoms with Gasteiger partial charge in [0.1, 0.15) is 6.33 Å². The summed E-state index contributed by atoms with van der Waals surface area (Å²) in [5.41, 5.74) is 5.97. The summed E-state index contributed by atoms with van der Waals surface area (Å²) in [6, 6.07) is 15.2. The second kappa shape index (κ2) is 12.8. The molecule has 0 unspecified atom stereocenters. The van der Waals surface area contributed by atoms with Crippen LogP contribution in [0, 0.1) is 6.92 Å². The number of amides is 2. The van der Waals surface area contributed by atoms with Crippen molar-refractivity contribution in [3.8, 4) is 0 Å². The Labute approximate surface area is 250 Å². The van der Waals surface area contributed by atoms with Crippen molar-refractivity contribution in [2.24, 2.45) is 4.99 Å². The number of anilines is 3. The highest BCUT2D eigenvalue weighted by atomic mass is 16.2. The SMILES string of the molecule is Cc1ccc(NC(=O)c2ccc(CN3CCN(C(=O)n4ccnc4)CC3)cc2)cc1Nc1nccc(C2=CCCN=C2)n1. The zero-order chi connectivity index (χ0) is 29.6. The Bertz CT molecular complexity index is 1650. The number of hydrogen-bond donors (Lipinski definition) is 2. The third-order valence-corrected chi connectivity index (χ3v) is 7.54. The molecule has 4 heterocycles. The minimum Gasteiger partial charge on any atom is -0.324 e. The highest BCUT2D eigenvalue weighted by Crippen LogP contribution is 2.24. The average Bonchev–Trinajstić information content (AvgIpc) is 3.59. The van der Waals surface area contributed by atoms with Gasteiger partial charge >= 0.3 is 6.03 Å². The van der Waals surface area contributed by atoms with E-state index < -0.39 is 0 Å². The van der Waals surface area contributed by atoms with Crippen molar-refractivity contribution in [3.63, 3.8) is 0 Å². The maximum absolute atomic E-state index is 13.1. The molecule has 11 heteroatoms. The molecule has 1 fully saturated rings. The standard InChI is InChI=1S/C32H33N9O2/c1-23-4-9-27(19-29(23)38-31-35-12-10-28(37-31)26-3-2-11-33-20-26)36-30(42)25-7-5-24(6-8-25)21-39-15-17-40(18-16-39)32(43)41-14-13-34-22-41/h3-10,12-14,19-20,22H,2,11,15-18,21H2,1H3,(H,36,42)(H,35,37,38). The van der Waals surface area contributed by atoms with Crippen LogP contribution in [0.15, 0.2) is 84.5 Å². The molecular weight excluding hydrogens is 542 g/mol. The van der Waals surface area contributed by atoms with Gasteiger partial charge in [-0.25, -0.2) is 19.7 Å². The lowest BCUT2D eigenvalue weighted by atomic mass is 10.1. The lowest BCUT2D eigenvalue weighted by Crippen LogP contribution is -2.49. The van der Waals surface area contributed by atoms with E-state index in [1.54, 1.807) is 18.6 Å². The monoisotopic (exact) mass is 575 g/mol. The predicted octanol–water partition coefficient (Wildman–Crippen LogP) is 4.62. The maximum Gasteiger partial charge on any atom is 0.329 e. The van der Waals surface area contributed by atoms with E-state index in [1.165, 1.54) is 10.9 Å². The fourth-order valence-electron chi connectivity index (χ4n) is 5.07. The van der Waals surface area contributed by atoms with E-state index in [0.717, 1.165) is 60.7 Å². The molecule has 2 N–H and O–H groups in total. The number of aryl methyl sites for hydroxylation is 1. The van der Waals surface area contributed by atoms with Crippen LogP contribution < -0.4 is 10.6 Å². The number of nitrogens with zero attached hydrogens (tertiary/aromatic N) is 7. The first-order valence-electron chi connectivity index (χ1n) is 14.3. The molecule has 43 heavy (non-hydrogen) atoms. The Kier molecular flexibility index (Phi) is 8.32. The Hall–Kier alpha value is -5.16. The molecule has 218 valence electrons. The first kappa shape index (κ1) is 28.0. The first-order chi connectivity index (χ1) is 21.0. The molecule has 2 amide bonds. The number of dihydropyridines is 1. The molecule has 0 spiro atoms. The number of imidazole rings is 1. The van der Waals surface area contributed by atoms with Crippen molar-refractivity contribution in [2.75, 3.05) is 43.4 Å². The van der Waals surface area contributed by atoms with E-state index in [4.69, 9.17) is 0 Å². The quantitative estimate of drug-likeness (QED) is 0.330. The van der Waals surface area contributed by atoms with Crippen molar-refractivity contribution in [1.82, 2.24) is 29.3 Å². The summed E-state index contributed by atoms with van der Waals surface area (Å²) < 4.78 is 1.51. The molecule has 0 atom stereocenters. The number of carbonyl (C=O) groups excluding carboxylic acids is 2. The van der Waals surface area contributed by atoms with Crippen LogP contribution in [-0.4, -0.2) is 80.2 Å². The molecule has 4 aromatic rings. The number of nitrogens with one attached hydrogen (secondary N) is 2. The summed E-state index contributed by atoms with van der Waals surface area (Å²) in [6.07, 6.45) is 11.4. The van der Waals surface area contributed by atoms with Crippen LogP contribution in [0.5, 0.6) is 0 Å². The van der Waals surface area contributed by atoms with E-state index in [9.17, 15) is 9.59 Å². The number of piperazine rings is 1. The van der Waals surface area contributed by atoms with E-state index in [-0.39, 0.29) is 11.9 Å². The van der Waals surface area contributed by atoms with Gasteiger partial charge < -0.3 is 15.5 Å². The zero-order valence-electron chi connectivity index (χ0n) is 24.0. The van der Waals surface area contributed by atoms with Crippen LogP contribution in [0.3, 0.4) is 0 Å². The number of hydrogen-bond acceptors (Lipinski definition) is 8. The molecular formula is C32H33N9O2. The molecule has 11 nitrogen and oxygen atoms in total. The highest BCUT2D eigenvalue weighted by molar-refractivity contribution is 6.09. The summed E-state index contributed by atoms with van der Waals surface area (Å²) in [6.45, 7) is 6.45. The molecule has 1 saturated heterocycles. The molecule has 2 aromatic carbocycles. The molecule has 6 rings (SSSR count). The minimum absolute atomic E-state index is 0.0468. The van der Waals surface area contributed by atoms with Gasteiger partial charge in [0.25, 0.3) is 5.91 Å². The van der Waals surface area contributed by atoms with Crippen LogP contribution in [0.1, 0.15) is 33.6 Å². The number of aliphatic imine (C=N–C) groups is 1. The van der Waals surface area contributed by atoms with Crippen LogP contribution in [0.2, 0.25) is 0 Å². The lowest BCUT2D eigenvalue weighted by molar-refractivity contribution is 0.102. The number of aromatic nitrogens is 4. The van der Waals surface area contributed by atoms with Gasteiger partial charge in [0.2, 0.25) is 5.95 Å². The predicted molar refractivity (Wildman–Crippen MR) is 167 cm³/mol. The molecule has 2 aliphatic rings. The Morgan fingerprint density at radius 3 is 2.56 bits per heavy atom. The number of allylic oxidation sites excluding steroid dienone is 1. The summed E-state index contributed by atoms with van der Waals surface area (Å²) >= 11 is 0. The third kappa shape index (κ3) is 6.84. The van der Waals surface area contributed by atoms with Crippen LogP contribution >= 0.6 is 0 Å². The van der Waals surface area contributed by atoms with Crippen molar-refractivity contribution >= 4 is 41.0 Å². The van der Waals surface area contributed by atoms with E-state index in [2.05, 4.69) is 41.6 Å². The van der Waals surface area contributed by atoms with Gasteiger partial charge in [0.15, 0.2) is 0 Å². The van der Waals surface area contributed by atoms with Crippen molar-refractivity contribution < 1.29 is 9.59 Å². The van der Waals surface area contributed by atoms with Crippen LogP contribution in [0.25, 0.3) is 5.57 Å². The van der Waals surface area contributed by atoms with Crippen LogP contribution in [-0.2, 0) is 6.54 Å². The van der Waals surface area contributed by atoms with Crippen molar-refractivity contribution in [2.45, 2.75) is 19.9 Å². The summed E-state index contributed by atoms with van der Waals surface area (Å²) in [5.74, 6) is 0.292. The Morgan fingerprint density at radius 1 is 0.977 bits per heavy atom. The molecule has 0 bridgehead atoms. The van der Waals surface area contributed by atoms with Crippen LogP contribution in [0.4, 0.5) is 22.1 Å². The second-order valence-corrected chi connectivity index (χ2v) is 10.6. The molecule has 2 aromatic heterocycles. The van der Waals surface area contributed by atoms with E-state index >= 15 is 0 Å². The average molecular weight is 576 g/mol. The van der Waals surface area contributed by atoms with Gasteiger partial charge in [0, 0.05) is 86.6 Å². The fraction of sp³-hybridized carbons (Fsp3) is 0.250. The normalized spacial score (nSPS) is 15.2. The summed E-state index contributed by atoms with van der Waals surface area (Å²) in [4.78, 5) is 47.1. The molecule has 0 aliphatic carbocycles. The topological polar surface area (TPSA) is 121 Å². The number of rotatable bonds is 7. The Morgan fingerprint density at radius 2 is 1.81 bits per heavy atom. The lowest BCUT2D eigenvalue weighted by Gasteiger charge is -2.34. The number of carbonyl (C=O) groups is 2. The Balaban J connectivity index is 1.04. The molecule has 2 aliphatic heterocycles. The first-order valence-corrected chi connectivity index (χ1v) is 14.3.